The van der Waals surface area contributed by atoms with Crippen molar-refractivity contribution >= 4 is 11.8 Å². The quantitative estimate of drug-likeness (QED) is 0.145. The number of halogens is 6. The molecule has 0 aromatic heterocycles. The summed E-state index contributed by atoms with van der Waals surface area (Å²) in [5.74, 6) is -0.507. The number of hydrogen-bond donors (Lipinski definition) is 5. The van der Waals surface area contributed by atoms with E-state index in [9.17, 15) is 36.2 Å². The van der Waals surface area contributed by atoms with E-state index in [2.05, 4.69) is 39.8 Å². The summed E-state index contributed by atoms with van der Waals surface area (Å²) in [7, 11) is 0. The van der Waals surface area contributed by atoms with E-state index in [1.54, 1.807) is 25.2 Å². The van der Waals surface area contributed by atoms with Crippen LogP contribution in [-0.2, 0) is 17.8 Å². The molecule has 2 heterocycles. The molecular weight excluding hydrogens is 588 g/mol. The molecule has 44 heavy (non-hydrogen) atoms. The zero-order valence-corrected chi connectivity index (χ0v) is 25.2. The molecule has 1 atom stereocenters. The number of nitrogens with zero attached hydrogens (tertiary/aromatic N) is 1. The molecule has 13 heteroatoms. The maximum Gasteiger partial charge on any atom is 0.416 e. The first-order chi connectivity index (χ1) is 20.7. The summed E-state index contributed by atoms with van der Waals surface area (Å²) in [5, 5.41) is 21.6. The first kappa shape index (κ1) is 37.6. The number of rotatable bonds is 10. The molecule has 5 N–H and O–H groups in total. The van der Waals surface area contributed by atoms with Crippen molar-refractivity contribution in [3.63, 3.8) is 0 Å². The summed E-state index contributed by atoms with van der Waals surface area (Å²) < 4.78 is 69.9. The molecule has 0 amide bonds. The number of alkyl halides is 6. The predicted molar refractivity (Wildman–Crippen MR) is 161 cm³/mol. The number of aliphatic carboxylic acids is 1. The highest BCUT2D eigenvalue weighted by atomic mass is 19.4. The van der Waals surface area contributed by atoms with E-state index in [4.69, 9.17) is 0 Å². The van der Waals surface area contributed by atoms with Crippen molar-refractivity contribution < 1.29 is 36.2 Å². The Bertz CT molecular complexity index is 1320. The van der Waals surface area contributed by atoms with Gasteiger partial charge in [0.05, 0.1) is 5.57 Å². The van der Waals surface area contributed by atoms with Crippen molar-refractivity contribution in [3.8, 4) is 0 Å². The Kier molecular flexibility index (Phi) is 15.6. The monoisotopic (exact) mass is 627 g/mol. The minimum Gasteiger partial charge on any atom is -0.479 e. The van der Waals surface area contributed by atoms with Crippen molar-refractivity contribution in [1.29, 1.82) is 0 Å². The van der Waals surface area contributed by atoms with Gasteiger partial charge in [0.15, 0.2) is 6.04 Å². The van der Waals surface area contributed by atoms with Crippen LogP contribution in [0.3, 0.4) is 0 Å². The minimum absolute atomic E-state index is 0.122. The number of carboxylic acids is 1. The van der Waals surface area contributed by atoms with Crippen molar-refractivity contribution in [3.05, 3.63) is 106 Å². The van der Waals surface area contributed by atoms with E-state index in [1.165, 1.54) is 12.5 Å². The fourth-order valence-electron chi connectivity index (χ4n) is 3.97. The van der Waals surface area contributed by atoms with E-state index < -0.39 is 30.4 Å². The summed E-state index contributed by atoms with van der Waals surface area (Å²) in [6, 6.07) is 6.90. The number of carboxylic acid groups (broad SMARTS) is 1. The van der Waals surface area contributed by atoms with Crippen LogP contribution in [0.4, 0.5) is 26.3 Å². The molecule has 1 aromatic rings. The number of nitrogens with one attached hydrogen (secondary N) is 4. The van der Waals surface area contributed by atoms with E-state index in [1.807, 2.05) is 38.1 Å². The van der Waals surface area contributed by atoms with Gasteiger partial charge < -0.3 is 26.4 Å². The summed E-state index contributed by atoms with van der Waals surface area (Å²) in [6.45, 7) is 9.71. The van der Waals surface area contributed by atoms with Crippen LogP contribution >= 0.6 is 0 Å². The molecule has 1 unspecified atom stereocenters. The number of carbonyl (C=O) groups is 1. The molecule has 242 valence electrons. The molecule has 0 saturated carbocycles. The summed E-state index contributed by atoms with van der Waals surface area (Å²) in [4.78, 5) is 16.3. The zero-order valence-electron chi connectivity index (χ0n) is 25.2. The van der Waals surface area contributed by atoms with Crippen LogP contribution in [0.2, 0.25) is 0 Å². The lowest BCUT2D eigenvalue weighted by Gasteiger charge is -2.26. The average Bonchev–Trinajstić information content (AvgIpc) is 2.96. The lowest BCUT2D eigenvalue weighted by atomic mass is 10.1. The Balaban J connectivity index is 0.00000149. The Labute approximate surface area is 253 Å². The Morgan fingerprint density at radius 1 is 1.14 bits per heavy atom. The number of benzene rings is 1. The third-order valence-electron chi connectivity index (χ3n) is 5.98. The SMILES string of the molecule is C=C1C=C(NCc2ccccc2CC)N=C(/C(=C\C(=C/C)C(F)(F)F)CNC2=CC=C(C)NC2C(=O)O)N1.CC.FC(F)F. The van der Waals surface area contributed by atoms with Crippen LogP contribution in [0.25, 0.3) is 0 Å². The molecule has 2 aliphatic heterocycles. The lowest BCUT2D eigenvalue weighted by Crippen LogP contribution is -2.44. The third kappa shape index (κ3) is 12.4. The number of allylic oxidation sites excluding steroid dienone is 7. The third-order valence-corrected chi connectivity index (χ3v) is 5.98. The number of aliphatic imine (C=N–C) groups is 1. The van der Waals surface area contributed by atoms with Crippen LogP contribution in [0, 0.1) is 0 Å². The molecule has 7 nitrogen and oxygen atoms in total. The van der Waals surface area contributed by atoms with Gasteiger partial charge in [-0.3, -0.25) is 0 Å². The summed E-state index contributed by atoms with van der Waals surface area (Å²) in [5.41, 5.74) is 3.00. The Hall–Kier alpha value is -4.42. The highest BCUT2D eigenvalue weighted by Crippen LogP contribution is 2.28. The maximum atomic E-state index is 13.6. The second-order valence-electron chi connectivity index (χ2n) is 9.02. The van der Waals surface area contributed by atoms with Crippen molar-refractivity contribution in [2.45, 2.75) is 66.5 Å². The van der Waals surface area contributed by atoms with Gasteiger partial charge in [0.25, 0.3) is 0 Å². The van der Waals surface area contributed by atoms with Gasteiger partial charge in [-0.1, -0.05) is 57.7 Å². The Morgan fingerprint density at radius 2 is 1.75 bits per heavy atom. The molecule has 2 aliphatic rings. The fourth-order valence-corrected chi connectivity index (χ4v) is 3.97. The van der Waals surface area contributed by atoms with Crippen molar-refractivity contribution in [2.75, 3.05) is 6.54 Å². The predicted octanol–water partition coefficient (Wildman–Crippen LogP) is 6.77. The number of dihydropyridines is 1. The van der Waals surface area contributed by atoms with Gasteiger partial charge in [-0.05, 0) is 49.6 Å². The number of hydrogen-bond acceptors (Lipinski definition) is 6. The smallest absolute Gasteiger partial charge is 0.416 e. The highest BCUT2D eigenvalue weighted by Gasteiger charge is 2.32. The van der Waals surface area contributed by atoms with E-state index in [-0.39, 0.29) is 18.0 Å². The molecular formula is C31H39F6N5O2. The standard InChI is InChI=1S/C28H32F3N5O2.C2H6.CHF3/c1-5-19-9-7-8-10-20(19)15-33-24-13-18(4)35-26(36-24)21(14-22(6-2)28(29,30)31)16-32-23-12-11-17(3)34-25(23)27(37)38;1-2;2-1(3)4/h6-14,25,32-34H,4-5,15-16H2,1-3H3,(H,35,36)(H,37,38);1-2H3;1H/b21-14-,22-6+;;. The lowest BCUT2D eigenvalue weighted by molar-refractivity contribution is -0.138. The highest BCUT2D eigenvalue weighted by molar-refractivity contribution is 6.01. The largest absolute Gasteiger partial charge is 0.479 e. The molecule has 0 aliphatic carbocycles. The summed E-state index contributed by atoms with van der Waals surface area (Å²) in [6.07, 6.45) is 3.20. The van der Waals surface area contributed by atoms with Gasteiger partial charge in [0, 0.05) is 41.8 Å². The molecule has 0 fully saturated rings. The van der Waals surface area contributed by atoms with Crippen molar-refractivity contribution in [1.82, 2.24) is 21.3 Å². The van der Waals surface area contributed by atoms with Crippen LogP contribution in [0.1, 0.15) is 45.7 Å². The normalized spacial score (nSPS) is 16.8. The molecule has 1 aromatic carbocycles. The van der Waals surface area contributed by atoms with Gasteiger partial charge >= 0.3 is 18.8 Å². The topological polar surface area (TPSA) is 97.8 Å². The first-order valence-corrected chi connectivity index (χ1v) is 13.8. The van der Waals surface area contributed by atoms with Gasteiger partial charge in [-0.15, -0.1) is 0 Å². The van der Waals surface area contributed by atoms with Gasteiger partial charge in [-0.2, -0.15) is 26.3 Å². The van der Waals surface area contributed by atoms with Crippen LogP contribution in [0.5, 0.6) is 0 Å². The molecule has 3 rings (SSSR count). The first-order valence-electron chi connectivity index (χ1n) is 13.8. The zero-order chi connectivity index (χ0) is 33.4. The number of amidine groups is 1. The average molecular weight is 628 g/mol. The second kappa shape index (κ2) is 18.3. The van der Waals surface area contributed by atoms with Crippen molar-refractivity contribution in [2.24, 2.45) is 4.99 Å². The fraction of sp³-hybridized carbons (Fsp3) is 0.355. The Morgan fingerprint density at radius 3 is 2.30 bits per heavy atom. The van der Waals surface area contributed by atoms with Gasteiger partial charge in [0.1, 0.15) is 11.7 Å². The van der Waals surface area contributed by atoms with Gasteiger partial charge in [-0.25, -0.2) is 9.79 Å². The molecule has 0 spiro atoms. The molecule has 0 saturated heterocycles. The van der Waals surface area contributed by atoms with Gasteiger partial charge in [0.2, 0.25) is 0 Å². The van der Waals surface area contributed by atoms with Crippen LogP contribution < -0.4 is 21.3 Å². The van der Waals surface area contributed by atoms with Crippen LogP contribution in [-0.4, -0.2) is 42.4 Å². The van der Waals surface area contributed by atoms with Crippen LogP contribution in [0.15, 0.2) is 100 Å². The second-order valence-corrected chi connectivity index (χ2v) is 9.02. The summed E-state index contributed by atoms with van der Waals surface area (Å²) >= 11 is 0. The molecule has 0 radical (unpaired) electrons. The van der Waals surface area contributed by atoms with E-state index >= 15 is 0 Å². The van der Waals surface area contributed by atoms with E-state index in [0.717, 1.165) is 24.1 Å². The maximum absolute atomic E-state index is 13.6. The molecule has 0 bridgehead atoms. The van der Waals surface area contributed by atoms with E-state index in [0.29, 0.717) is 29.5 Å². The number of aryl methyl sites for hydroxylation is 1. The minimum atomic E-state index is -4.58.